The van der Waals surface area contributed by atoms with Crippen molar-refractivity contribution in [1.82, 2.24) is 15.6 Å². The highest BCUT2D eigenvalue weighted by atomic mass is 35.5. The number of nitrogens with one attached hydrogen (secondary N) is 2. The van der Waals surface area contributed by atoms with Gasteiger partial charge in [-0.2, -0.15) is 0 Å². The lowest BCUT2D eigenvalue weighted by molar-refractivity contribution is -0.120. The molecule has 2 atom stereocenters. The number of nitrogens with zero attached hydrogens (tertiary/aromatic N) is 2. The molecule has 2 aliphatic rings. The van der Waals surface area contributed by atoms with Gasteiger partial charge in [-0.3, -0.25) is 9.78 Å². The number of aromatic nitrogens is 1. The van der Waals surface area contributed by atoms with Crippen LogP contribution in [0.1, 0.15) is 31.2 Å². The van der Waals surface area contributed by atoms with Crippen LogP contribution in [0.3, 0.4) is 0 Å². The largest absolute Gasteiger partial charge is 0.358 e. The molecule has 1 aromatic carbocycles. The zero-order valence-electron chi connectivity index (χ0n) is 15.8. The molecule has 0 spiro atoms. The molecule has 1 aromatic heterocycles. The molecule has 28 heavy (non-hydrogen) atoms. The van der Waals surface area contributed by atoms with Crippen molar-refractivity contribution in [3.8, 4) is 0 Å². The first kappa shape index (κ1) is 22.5. The molecule has 2 fully saturated rings. The Labute approximate surface area is 179 Å². The van der Waals surface area contributed by atoms with Gasteiger partial charge in [-0.05, 0) is 49.4 Å². The fraction of sp³-hybridized carbons (Fsp3) is 0.429. The summed E-state index contributed by atoms with van der Waals surface area (Å²) in [6.45, 7) is 1.03. The number of halogens is 2. The van der Waals surface area contributed by atoms with E-state index >= 15 is 0 Å². The zero-order chi connectivity index (χ0) is 17.8. The number of fused-ring (bicyclic) bond motifs is 2. The van der Waals surface area contributed by atoms with Crippen molar-refractivity contribution in [3.05, 3.63) is 60.4 Å². The van der Waals surface area contributed by atoms with Crippen LogP contribution in [0.5, 0.6) is 0 Å². The maximum absolute atomic E-state index is 12.7. The van der Waals surface area contributed by atoms with E-state index in [1.165, 1.54) is 12.8 Å². The molecule has 0 saturated carbocycles. The van der Waals surface area contributed by atoms with Crippen LogP contribution in [0.2, 0.25) is 0 Å². The monoisotopic (exact) mass is 422 g/mol. The summed E-state index contributed by atoms with van der Waals surface area (Å²) in [6.07, 6.45) is 8.22. The lowest BCUT2D eigenvalue weighted by atomic mass is 10.00. The molecule has 2 aromatic rings. The second-order valence-corrected chi connectivity index (χ2v) is 7.43. The quantitative estimate of drug-likeness (QED) is 0.749. The first-order valence-electron chi connectivity index (χ1n) is 9.50. The van der Waals surface area contributed by atoms with Gasteiger partial charge in [0, 0.05) is 42.8 Å². The van der Waals surface area contributed by atoms with E-state index in [4.69, 9.17) is 0 Å². The maximum atomic E-state index is 12.7. The van der Waals surface area contributed by atoms with Crippen LogP contribution in [0, 0.1) is 0 Å². The Hall–Kier alpha value is -1.82. The van der Waals surface area contributed by atoms with E-state index in [0.717, 1.165) is 24.1 Å². The number of carbonyl (C=O) groups is 1. The third kappa shape index (κ3) is 5.84. The standard InChI is InChI=1S/C21H26N4O.2ClH/c26-21(24-19-11-17-8-9-18(12-19)23-17)15-25(20-6-2-1-3-7-20)14-16-5-4-10-22-13-16;;/h1-7,10,13,17-19,23H,8-9,11-12,14-15H2,(H,24,26);2*1H. The molecule has 152 valence electrons. The number of hydrogen-bond acceptors (Lipinski definition) is 4. The molecular formula is C21H28Cl2N4O. The summed E-state index contributed by atoms with van der Waals surface area (Å²) in [6, 6.07) is 15.6. The molecule has 2 N–H and O–H groups in total. The zero-order valence-corrected chi connectivity index (χ0v) is 17.4. The Bertz CT molecular complexity index is 720. The highest BCUT2D eigenvalue weighted by Crippen LogP contribution is 2.26. The van der Waals surface area contributed by atoms with Crippen molar-refractivity contribution in [2.24, 2.45) is 0 Å². The van der Waals surface area contributed by atoms with Crippen LogP contribution in [-0.4, -0.2) is 35.6 Å². The van der Waals surface area contributed by atoms with Gasteiger partial charge in [0.2, 0.25) is 5.91 Å². The minimum atomic E-state index is 0. The van der Waals surface area contributed by atoms with Crippen LogP contribution in [0.4, 0.5) is 5.69 Å². The van der Waals surface area contributed by atoms with Crippen LogP contribution in [0.25, 0.3) is 0 Å². The van der Waals surface area contributed by atoms with Gasteiger partial charge >= 0.3 is 0 Å². The van der Waals surface area contributed by atoms with Crippen molar-refractivity contribution >= 4 is 36.4 Å². The van der Waals surface area contributed by atoms with Gasteiger partial charge < -0.3 is 15.5 Å². The number of hydrogen-bond donors (Lipinski definition) is 2. The molecule has 2 aliphatic heterocycles. The van der Waals surface area contributed by atoms with Crippen molar-refractivity contribution < 1.29 is 4.79 Å². The minimum absolute atomic E-state index is 0. The Morgan fingerprint density at radius 1 is 1.07 bits per heavy atom. The second-order valence-electron chi connectivity index (χ2n) is 7.43. The Morgan fingerprint density at radius 2 is 1.79 bits per heavy atom. The van der Waals surface area contributed by atoms with Crippen molar-refractivity contribution in [2.45, 2.75) is 50.4 Å². The van der Waals surface area contributed by atoms with Crippen LogP contribution < -0.4 is 15.5 Å². The van der Waals surface area contributed by atoms with E-state index in [1.54, 1.807) is 6.20 Å². The molecule has 2 bridgehead atoms. The molecule has 7 heteroatoms. The van der Waals surface area contributed by atoms with Crippen LogP contribution >= 0.6 is 24.8 Å². The summed E-state index contributed by atoms with van der Waals surface area (Å²) >= 11 is 0. The van der Waals surface area contributed by atoms with Gasteiger partial charge in [-0.1, -0.05) is 24.3 Å². The lowest BCUT2D eigenvalue weighted by Crippen LogP contribution is -2.50. The summed E-state index contributed by atoms with van der Waals surface area (Å²) < 4.78 is 0. The number of amides is 1. The van der Waals surface area contributed by atoms with E-state index in [0.29, 0.717) is 31.2 Å². The molecule has 0 radical (unpaired) electrons. The summed E-state index contributed by atoms with van der Waals surface area (Å²) in [4.78, 5) is 19.0. The normalized spacial score (nSPS) is 22.5. The second kappa shape index (κ2) is 10.6. The van der Waals surface area contributed by atoms with Gasteiger partial charge in [0.05, 0.1) is 6.54 Å². The summed E-state index contributed by atoms with van der Waals surface area (Å²) in [7, 11) is 0. The molecule has 3 heterocycles. The number of carbonyl (C=O) groups excluding carboxylic acids is 1. The Balaban J connectivity index is 0.00000140. The maximum Gasteiger partial charge on any atom is 0.239 e. The van der Waals surface area contributed by atoms with Crippen molar-refractivity contribution in [2.75, 3.05) is 11.4 Å². The minimum Gasteiger partial charge on any atom is -0.358 e. The number of pyridine rings is 1. The highest BCUT2D eigenvalue weighted by molar-refractivity contribution is 5.85. The summed E-state index contributed by atoms with van der Waals surface area (Å²) in [5.41, 5.74) is 2.15. The lowest BCUT2D eigenvalue weighted by Gasteiger charge is -2.31. The number of para-hydroxylation sites is 1. The van der Waals surface area contributed by atoms with Gasteiger partial charge in [-0.15, -0.1) is 24.8 Å². The van der Waals surface area contributed by atoms with Crippen LogP contribution in [-0.2, 0) is 11.3 Å². The number of anilines is 1. The van der Waals surface area contributed by atoms with Gasteiger partial charge in [0.1, 0.15) is 0 Å². The topological polar surface area (TPSA) is 57.3 Å². The molecule has 1 amide bonds. The van der Waals surface area contributed by atoms with Gasteiger partial charge in [0.25, 0.3) is 0 Å². The Kier molecular flexibility index (Phi) is 8.55. The Morgan fingerprint density at radius 3 is 2.43 bits per heavy atom. The fourth-order valence-corrected chi connectivity index (χ4v) is 4.21. The van der Waals surface area contributed by atoms with Crippen molar-refractivity contribution in [3.63, 3.8) is 0 Å². The summed E-state index contributed by atoms with van der Waals surface area (Å²) in [5, 5.41) is 6.89. The van der Waals surface area contributed by atoms with Crippen LogP contribution in [0.15, 0.2) is 54.9 Å². The third-order valence-corrected chi connectivity index (χ3v) is 5.39. The molecular weight excluding hydrogens is 395 g/mol. The van der Waals surface area contributed by atoms with E-state index in [1.807, 2.05) is 36.5 Å². The molecule has 5 nitrogen and oxygen atoms in total. The number of piperidine rings is 1. The van der Waals surface area contributed by atoms with Gasteiger partial charge in [-0.25, -0.2) is 0 Å². The molecule has 2 unspecified atom stereocenters. The van der Waals surface area contributed by atoms with E-state index in [9.17, 15) is 4.79 Å². The SMILES string of the molecule is Cl.Cl.O=C(CN(Cc1cccnc1)c1ccccc1)NC1CC2CCC(C1)N2. The van der Waals surface area contributed by atoms with E-state index in [2.05, 4.69) is 32.7 Å². The predicted octanol–water partition coefficient (Wildman–Crippen LogP) is 3.33. The number of benzene rings is 1. The average Bonchev–Trinajstić information content (AvgIpc) is 3.01. The smallest absolute Gasteiger partial charge is 0.239 e. The highest BCUT2D eigenvalue weighted by Gasteiger charge is 2.34. The molecule has 2 saturated heterocycles. The summed E-state index contributed by atoms with van der Waals surface area (Å²) in [5.74, 6) is 0.101. The molecule has 0 aliphatic carbocycles. The number of rotatable bonds is 6. The first-order valence-corrected chi connectivity index (χ1v) is 9.50. The molecule has 4 rings (SSSR count). The van der Waals surface area contributed by atoms with Gasteiger partial charge in [0.15, 0.2) is 0 Å². The average molecular weight is 423 g/mol. The van der Waals surface area contributed by atoms with E-state index in [-0.39, 0.29) is 30.7 Å². The van der Waals surface area contributed by atoms with E-state index < -0.39 is 0 Å². The third-order valence-electron chi connectivity index (χ3n) is 5.39. The van der Waals surface area contributed by atoms with Crippen molar-refractivity contribution in [1.29, 1.82) is 0 Å². The first-order chi connectivity index (χ1) is 12.8. The fourth-order valence-electron chi connectivity index (χ4n) is 4.21. The predicted molar refractivity (Wildman–Crippen MR) is 117 cm³/mol.